The van der Waals surface area contributed by atoms with Crippen molar-refractivity contribution >= 4 is 0 Å². The molecule has 0 unspecified atom stereocenters. The number of nitrogens with zero attached hydrogens (tertiary/aromatic N) is 1. The van der Waals surface area contributed by atoms with E-state index in [4.69, 9.17) is 9.84 Å². The third-order valence-corrected chi connectivity index (χ3v) is 5.13. The molecule has 1 aliphatic heterocycles. The van der Waals surface area contributed by atoms with E-state index in [1.807, 2.05) is 0 Å². The Morgan fingerprint density at radius 3 is 2.57 bits per heavy atom. The highest BCUT2D eigenvalue weighted by atomic mass is 16.5. The lowest BCUT2D eigenvalue weighted by atomic mass is 9.84. The zero-order valence-electron chi connectivity index (χ0n) is 13.8. The fourth-order valence-corrected chi connectivity index (χ4v) is 3.97. The molecule has 1 saturated heterocycles. The van der Waals surface area contributed by atoms with Gasteiger partial charge in [-0.25, -0.2) is 0 Å². The molecule has 4 nitrogen and oxygen atoms in total. The van der Waals surface area contributed by atoms with Gasteiger partial charge in [0.15, 0.2) is 0 Å². The van der Waals surface area contributed by atoms with Crippen LogP contribution in [0.1, 0.15) is 51.9 Å². The number of hydrogen-bond acceptors (Lipinski definition) is 4. The smallest absolute Gasteiger partial charge is 0.0701 e. The molecule has 0 aromatic heterocycles. The first-order chi connectivity index (χ1) is 10.3. The number of nitrogens with one attached hydrogen (secondary N) is 1. The molecule has 1 aliphatic carbocycles. The van der Waals surface area contributed by atoms with Crippen LogP contribution in [0.5, 0.6) is 0 Å². The van der Waals surface area contributed by atoms with Crippen molar-refractivity contribution in [2.45, 2.75) is 58.0 Å². The first kappa shape index (κ1) is 17.2. The molecule has 0 aromatic carbocycles. The largest absolute Gasteiger partial charge is 0.394 e. The normalized spacial score (nSPS) is 23.7. The van der Waals surface area contributed by atoms with Gasteiger partial charge in [0.05, 0.1) is 19.3 Å². The molecule has 4 heteroatoms. The SMILES string of the molecule is CCCNCC1(CN2CCC(OCCO)CC2)CCCC1. The molecular formula is C17H34N2O2. The summed E-state index contributed by atoms with van der Waals surface area (Å²) < 4.78 is 5.67. The van der Waals surface area contributed by atoms with Crippen molar-refractivity contribution in [1.29, 1.82) is 0 Å². The van der Waals surface area contributed by atoms with E-state index in [1.165, 1.54) is 45.2 Å². The highest BCUT2D eigenvalue weighted by molar-refractivity contribution is 4.90. The van der Waals surface area contributed by atoms with Gasteiger partial charge in [-0.2, -0.15) is 0 Å². The molecule has 0 aromatic rings. The monoisotopic (exact) mass is 298 g/mol. The Morgan fingerprint density at radius 1 is 1.24 bits per heavy atom. The Morgan fingerprint density at radius 2 is 1.95 bits per heavy atom. The summed E-state index contributed by atoms with van der Waals surface area (Å²) in [5.41, 5.74) is 0.522. The molecule has 2 fully saturated rings. The number of hydrogen-bond donors (Lipinski definition) is 2. The minimum Gasteiger partial charge on any atom is -0.394 e. The van der Waals surface area contributed by atoms with E-state index >= 15 is 0 Å². The van der Waals surface area contributed by atoms with E-state index in [9.17, 15) is 0 Å². The number of ether oxygens (including phenoxy) is 1. The van der Waals surface area contributed by atoms with Gasteiger partial charge in [-0.3, -0.25) is 0 Å². The maximum atomic E-state index is 8.83. The summed E-state index contributed by atoms with van der Waals surface area (Å²) in [4.78, 5) is 2.65. The second-order valence-electron chi connectivity index (χ2n) is 6.95. The quantitative estimate of drug-likeness (QED) is 0.639. The minimum atomic E-state index is 0.145. The van der Waals surface area contributed by atoms with Gasteiger partial charge in [0.1, 0.15) is 0 Å². The Balaban J connectivity index is 1.74. The summed E-state index contributed by atoms with van der Waals surface area (Å²) in [5, 5.41) is 12.5. The van der Waals surface area contributed by atoms with Crippen LogP contribution in [0.4, 0.5) is 0 Å². The first-order valence-corrected chi connectivity index (χ1v) is 8.93. The molecule has 0 atom stereocenters. The maximum Gasteiger partial charge on any atom is 0.0701 e. The van der Waals surface area contributed by atoms with E-state index in [2.05, 4.69) is 17.1 Å². The molecule has 124 valence electrons. The molecule has 0 radical (unpaired) electrons. The number of aliphatic hydroxyl groups excluding tert-OH is 1. The van der Waals surface area contributed by atoms with Crippen LogP contribution in [-0.4, -0.2) is 62.0 Å². The Labute approximate surface area is 130 Å². The summed E-state index contributed by atoms with van der Waals surface area (Å²) in [6.07, 6.45) is 9.44. The summed E-state index contributed by atoms with van der Waals surface area (Å²) in [5.74, 6) is 0. The van der Waals surface area contributed by atoms with Crippen LogP contribution in [-0.2, 0) is 4.74 Å². The highest BCUT2D eigenvalue weighted by Gasteiger charge is 2.36. The average Bonchev–Trinajstić information content (AvgIpc) is 2.95. The van der Waals surface area contributed by atoms with E-state index in [-0.39, 0.29) is 6.61 Å². The lowest BCUT2D eigenvalue weighted by Crippen LogP contribution is -2.46. The number of rotatable bonds is 9. The molecule has 21 heavy (non-hydrogen) atoms. The molecule has 1 saturated carbocycles. The van der Waals surface area contributed by atoms with Crippen LogP contribution >= 0.6 is 0 Å². The standard InChI is InChI=1S/C17H34N2O2/c1-2-9-18-14-17(7-3-4-8-17)15-19-10-5-16(6-11-19)21-13-12-20/h16,18,20H,2-15H2,1H3. The topological polar surface area (TPSA) is 44.7 Å². The highest BCUT2D eigenvalue weighted by Crippen LogP contribution is 2.38. The maximum absolute atomic E-state index is 8.83. The van der Waals surface area contributed by atoms with E-state index in [1.54, 1.807) is 0 Å². The summed E-state index contributed by atoms with van der Waals surface area (Å²) in [6.45, 7) is 8.81. The minimum absolute atomic E-state index is 0.145. The van der Waals surface area contributed by atoms with Crippen molar-refractivity contribution in [2.24, 2.45) is 5.41 Å². The van der Waals surface area contributed by atoms with E-state index in [0.29, 0.717) is 18.1 Å². The first-order valence-electron chi connectivity index (χ1n) is 8.93. The Hall–Kier alpha value is -0.160. The zero-order chi connectivity index (χ0) is 15.0. The number of piperidine rings is 1. The molecule has 0 spiro atoms. The van der Waals surface area contributed by atoms with Crippen molar-refractivity contribution in [2.75, 3.05) is 45.9 Å². The van der Waals surface area contributed by atoms with Gasteiger partial charge < -0.3 is 20.1 Å². The molecule has 0 bridgehead atoms. The van der Waals surface area contributed by atoms with Crippen LogP contribution in [0, 0.1) is 5.41 Å². The van der Waals surface area contributed by atoms with Gasteiger partial charge in [-0.05, 0) is 44.1 Å². The predicted octanol–water partition coefficient (Wildman–Crippen LogP) is 2.02. The fourth-order valence-electron chi connectivity index (χ4n) is 3.97. The van der Waals surface area contributed by atoms with Gasteiger partial charge in [0, 0.05) is 26.2 Å². The third kappa shape index (κ3) is 5.51. The van der Waals surface area contributed by atoms with Crippen molar-refractivity contribution < 1.29 is 9.84 Å². The lowest BCUT2D eigenvalue weighted by Gasteiger charge is -2.39. The molecule has 2 N–H and O–H groups in total. The number of aliphatic hydroxyl groups is 1. The third-order valence-electron chi connectivity index (χ3n) is 5.13. The summed E-state index contributed by atoms with van der Waals surface area (Å²) in [6, 6.07) is 0. The molecule has 0 amide bonds. The van der Waals surface area contributed by atoms with Crippen molar-refractivity contribution in [3.05, 3.63) is 0 Å². The number of likely N-dealkylation sites (tertiary alicyclic amines) is 1. The van der Waals surface area contributed by atoms with Crippen LogP contribution in [0.25, 0.3) is 0 Å². The van der Waals surface area contributed by atoms with Crippen molar-refractivity contribution in [3.8, 4) is 0 Å². The van der Waals surface area contributed by atoms with Gasteiger partial charge >= 0.3 is 0 Å². The van der Waals surface area contributed by atoms with Crippen LogP contribution in [0.2, 0.25) is 0 Å². The average molecular weight is 298 g/mol. The summed E-state index contributed by atoms with van der Waals surface area (Å²) in [7, 11) is 0. The van der Waals surface area contributed by atoms with Crippen LogP contribution < -0.4 is 5.32 Å². The van der Waals surface area contributed by atoms with Gasteiger partial charge in [-0.15, -0.1) is 0 Å². The predicted molar refractivity (Wildman–Crippen MR) is 86.6 cm³/mol. The van der Waals surface area contributed by atoms with Crippen molar-refractivity contribution in [1.82, 2.24) is 10.2 Å². The zero-order valence-corrected chi connectivity index (χ0v) is 13.8. The second-order valence-corrected chi connectivity index (χ2v) is 6.95. The fraction of sp³-hybridized carbons (Fsp3) is 1.00. The van der Waals surface area contributed by atoms with Gasteiger partial charge in [0.25, 0.3) is 0 Å². The van der Waals surface area contributed by atoms with Gasteiger partial charge in [-0.1, -0.05) is 19.8 Å². The lowest BCUT2D eigenvalue weighted by molar-refractivity contribution is -0.0146. The van der Waals surface area contributed by atoms with Crippen LogP contribution in [0.15, 0.2) is 0 Å². The van der Waals surface area contributed by atoms with Crippen molar-refractivity contribution in [3.63, 3.8) is 0 Å². The molecule has 2 aliphatic rings. The van der Waals surface area contributed by atoms with E-state index < -0.39 is 0 Å². The Kier molecular flexibility index (Phi) is 7.44. The Bertz CT molecular complexity index is 272. The van der Waals surface area contributed by atoms with Crippen LogP contribution in [0.3, 0.4) is 0 Å². The molecular weight excluding hydrogens is 264 g/mol. The van der Waals surface area contributed by atoms with Gasteiger partial charge in [0.2, 0.25) is 0 Å². The molecule has 1 heterocycles. The van der Waals surface area contributed by atoms with E-state index in [0.717, 1.165) is 32.5 Å². The summed E-state index contributed by atoms with van der Waals surface area (Å²) >= 11 is 0. The molecule has 2 rings (SSSR count). The second kappa shape index (κ2) is 9.09.